The Labute approximate surface area is 161 Å². The van der Waals surface area contributed by atoms with E-state index in [2.05, 4.69) is 26.0 Å². The van der Waals surface area contributed by atoms with E-state index in [4.69, 9.17) is 4.74 Å². The molecule has 0 aromatic rings. The molecular formula is C23H30O4. The Bertz CT molecular complexity index is 777. The first-order valence-corrected chi connectivity index (χ1v) is 10.3. The fourth-order valence-corrected chi connectivity index (χ4v) is 7.06. The van der Waals surface area contributed by atoms with Crippen LogP contribution in [0.5, 0.6) is 0 Å². The van der Waals surface area contributed by atoms with Crippen molar-refractivity contribution >= 4 is 17.5 Å². The molecule has 0 saturated heterocycles. The molecule has 4 aliphatic rings. The molecular weight excluding hydrogens is 340 g/mol. The van der Waals surface area contributed by atoms with Gasteiger partial charge in [-0.05, 0) is 73.8 Å². The number of rotatable bonds is 2. The third kappa shape index (κ3) is 2.37. The molecule has 4 rings (SSSR count). The number of ether oxygens (including phenoxy) is 1. The van der Waals surface area contributed by atoms with Crippen LogP contribution in [0.4, 0.5) is 0 Å². The second-order valence-corrected chi connectivity index (χ2v) is 9.60. The second kappa shape index (κ2) is 5.89. The predicted octanol–water partition coefficient (Wildman–Crippen LogP) is 4.19. The second-order valence-electron chi connectivity index (χ2n) is 9.60. The number of Topliss-reactive ketones (excluding diaryl/α,β-unsaturated/α-hetero) is 1. The van der Waals surface area contributed by atoms with Gasteiger partial charge in [0, 0.05) is 18.8 Å². The molecule has 0 spiro atoms. The van der Waals surface area contributed by atoms with E-state index in [-0.39, 0.29) is 28.4 Å². The summed E-state index contributed by atoms with van der Waals surface area (Å²) in [5.41, 5.74) is -0.0864. The summed E-state index contributed by atoms with van der Waals surface area (Å²) in [6.45, 7) is 7.46. The highest BCUT2D eigenvalue weighted by Crippen LogP contribution is 2.67. The molecule has 2 fully saturated rings. The van der Waals surface area contributed by atoms with Crippen molar-refractivity contribution in [3.05, 3.63) is 23.8 Å². The van der Waals surface area contributed by atoms with Gasteiger partial charge in [-0.1, -0.05) is 26.0 Å². The number of ketones is 2. The zero-order valence-corrected chi connectivity index (χ0v) is 16.8. The standard InChI is InChI=1S/C23H30O4/c1-14(24)23(27-15(2)25)12-9-20-18-6-5-16-13-17(26)7-10-21(16,3)19(18)8-11-22(20,23)4/h5-6,13,18-20H,7-12H2,1-4H3/t18-,19-,20-,21+,22+,23+/m1/s1. The van der Waals surface area contributed by atoms with Crippen molar-refractivity contribution in [3.63, 3.8) is 0 Å². The summed E-state index contributed by atoms with van der Waals surface area (Å²) < 4.78 is 5.79. The fraction of sp³-hybridized carbons (Fsp3) is 0.696. The van der Waals surface area contributed by atoms with E-state index in [0.717, 1.165) is 25.7 Å². The molecule has 0 aromatic carbocycles. The summed E-state index contributed by atoms with van der Waals surface area (Å²) in [5.74, 6) is 1.03. The van der Waals surface area contributed by atoms with Gasteiger partial charge in [-0.25, -0.2) is 0 Å². The zero-order valence-electron chi connectivity index (χ0n) is 16.8. The van der Waals surface area contributed by atoms with E-state index in [1.54, 1.807) is 6.92 Å². The van der Waals surface area contributed by atoms with Crippen molar-refractivity contribution in [1.29, 1.82) is 0 Å². The number of hydrogen-bond donors (Lipinski definition) is 0. The lowest BCUT2D eigenvalue weighted by atomic mass is 9.48. The van der Waals surface area contributed by atoms with Gasteiger partial charge < -0.3 is 4.74 Å². The molecule has 146 valence electrons. The highest BCUT2D eigenvalue weighted by molar-refractivity contribution is 5.92. The van der Waals surface area contributed by atoms with Gasteiger partial charge in [0.15, 0.2) is 17.2 Å². The lowest BCUT2D eigenvalue weighted by Crippen LogP contribution is -2.58. The van der Waals surface area contributed by atoms with Crippen LogP contribution in [0, 0.1) is 28.6 Å². The summed E-state index contributed by atoms with van der Waals surface area (Å²) in [6.07, 6.45) is 11.2. The van der Waals surface area contributed by atoms with E-state index < -0.39 is 5.60 Å². The lowest BCUT2D eigenvalue weighted by molar-refractivity contribution is -0.185. The molecule has 27 heavy (non-hydrogen) atoms. The van der Waals surface area contributed by atoms with Gasteiger partial charge >= 0.3 is 5.97 Å². The molecule has 0 N–H and O–H groups in total. The molecule has 0 aromatic heterocycles. The first kappa shape index (κ1) is 18.6. The molecule has 4 heteroatoms. The van der Waals surface area contributed by atoms with E-state index in [9.17, 15) is 14.4 Å². The quantitative estimate of drug-likeness (QED) is 0.684. The van der Waals surface area contributed by atoms with Crippen LogP contribution >= 0.6 is 0 Å². The van der Waals surface area contributed by atoms with Crippen LogP contribution in [0.2, 0.25) is 0 Å². The number of esters is 1. The van der Waals surface area contributed by atoms with Crippen molar-refractivity contribution in [3.8, 4) is 0 Å². The smallest absolute Gasteiger partial charge is 0.303 e. The van der Waals surface area contributed by atoms with Crippen molar-refractivity contribution in [2.45, 2.75) is 71.8 Å². The molecule has 0 unspecified atom stereocenters. The molecule has 6 atom stereocenters. The Morgan fingerprint density at radius 3 is 2.44 bits per heavy atom. The van der Waals surface area contributed by atoms with Gasteiger partial charge in [0.1, 0.15) is 0 Å². The van der Waals surface area contributed by atoms with Crippen LogP contribution < -0.4 is 0 Å². The maximum atomic E-state index is 12.7. The Balaban J connectivity index is 1.75. The molecule has 0 aliphatic heterocycles. The minimum atomic E-state index is -0.984. The molecule has 0 bridgehead atoms. The van der Waals surface area contributed by atoms with Crippen LogP contribution in [0.3, 0.4) is 0 Å². The first-order chi connectivity index (χ1) is 12.6. The number of carbonyl (C=O) groups is 3. The van der Waals surface area contributed by atoms with Crippen LogP contribution in [0.25, 0.3) is 0 Å². The number of carbonyl (C=O) groups excluding carboxylic acids is 3. The van der Waals surface area contributed by atoms with E-state index >= 15 is 0 Å². The van der Waals surface area contributed by atoms with E-state index in [0.29, 0.717) is 30.6 Å². The summed E-state index contributed by atoms with van der Waals surface area (Å²) in [4.78, 5) is 36.5. The maximum absolute atomic E-state index is 12.7. The minimum Gasteiger partial charge on any atom is -0.451 e. The summed E-state index contributed by atoms with van der Waals surface area (Å²) in [6, 6.07) is 0. The molecule has 4 nitrogen and oxygen atoms in total. The Morgan fingerprint density at radius 2 is 1.78 bits per heavy atom. The topological polar surface area (TPSA) is 60.4 Å². The number of hydrogen-bond acceptors (Lipinski definition) is 4. The molecule has 0 heterocycles. The summed E-state index contributed by atoms with van der Waals surface area (Å²) in [5, 5.41) is 0. The van der Waals surface area contributed by atoms with Gasteiger partial charge in [0.05, 0.1) is 0 Å². The Kier molecular flexibility index (Phi) is 4.07. The third-order valence-electron chi connectivity index (χ3n) is 8.52. The lowest BCUT2D eigenvalue weighted by Gasteiger charge is -2.57. The van der Waals surface area contributed by atoms with E-state index in [1.807, 2.05) is 6.08 Å². The van der Waals surface area contributed by atoms with Crippen LogP contribution in [-0.2, 0) is 19.1 Å². The van der Waals surface area contributed by atoms with Crippen LogP contribution in [-0.4, -0.2) is 23.1 Å². The average molecular weight is 370 g/mol. The van der Waals surface area contributed by atoms with Crippen molar-refractivity contribution in [2.75, 3.05) is 0 Å². The molecule has 4 aliphatic carbocycles. The van der Waals surface area contributed by atoms with Gasteiger partial charge in [0.25, 0.3) is 0 Å². The maximum Gasteiger partial charge on any atom is 0.303 e. The fourth-order valence-electron chi connectivity index (χ4n) is 7.06. The van der Waals surface area contributed by atoms with Gasteiger partial charge in [-0.2, -0.15) is 0 Å². The average Bonchev–Trinajstić information content (AvgIpc) is 2.89. The number of fused-ring (bicyclic) bond motifs is 5. The summed E-state index contributed by atoms with van der Waals surface area (Å²) >= 11 is 0. The van der Waals surface area contributed by atoms with Gasteiger partial charge in [0.2, 0.25) is 0 Å². The minimum absolute atomic E-state index is 0.0176. The van der Waals surface area contributed by atoms with E-state index in [1.165, 1.54) is 12.5 Å². The number of allylic oxidation sites excluding steroid dienone is 4. The van der Waals surface area contributed by atoms with Gasteiger partial charge in [-0.15, -0.1) is 0 Å². The molecule has 0 radical (unpaired) electrons. The third-order valence-corrected chi connectivity index (χ3v) is 8.52. The van der Waals surface area contributed by atoms with Crippen molar-refractivity contribution < 1.29 is 19.1 Å². The highest BCUT2D eigenvalue weighted by atomic mass is 16.6. The monoisotopic (exact) mass is 370 g/mol. The van der Waals surface area contributed by atoms with Crippen LogP contribution in [0.15, 0.2) is 23.8 Å². The van der Waals surface area contributed by atoms with Crippen molar-refractivity contribution in [1.82, 2.24) is 0 Å². The predicted molar refractivity (Wildman–Crippen MR) is 102 cm³/mol. The highest BCUT2D eigenvalue weighted by Gasteiger charge is 2.67. The largest absolute Gasteiger partial charge is 0.451 e. The molecule has 0 amide bonds. The van der Waals surface area contributed by atoms with Gasteiger partial charge in [-0.3, -0.25) is 14.4 Å². The Morgan fingerprint density at radius 1 is 1.07 bits per heavy atom. The zero-order chi connectivity index (χ0) is 19.6. The Hall–Kier alpha value is -1.71. The van der Waals surface area contributed by atoms with Crippen LogP contribution in [0.1, 0.15) is 66.2 Å². The summed E-state index contributed by atoms with van der Waals surface area (Å²) in [7, 11) is 0. The van der Waals surface area contributed by atoms with Crippen molar-refractivity contribution in [2.24, 2.45) is 28.6 Å². The normalized spacial score (nSPS) is 45.4. The molecule has 2 saturated carbocycles. The first-order valence-electron chi connectivity index (χ1n) is 10.3. The SMILES string of the molecule is CC(=O)O[C@]1(C(C)=O)CC[C@@H]2[C@@H]3C=CC4=CC(=O)CC[C@]4(C)[C@@H]3CC[C@@]21C.